The van der Waals surface area contributed by atoms with Crippen LogP contribution < -0.4 is 0 Å². The average Bonchev–Trinajstić information content (AvgIpc) is 2.49. The molecule has 0 atom stereocenters. The summed E-state index contributed by atoms with van der Waals surface area (Å²) in [5, 5.41) is 3.80. The Kier molecular flexibility index (Phi) is 2.33. The van der Waals surface area contributed by atoms with E-state index in [2.05, 4.69) is 11.4 Å². The van der Waals surface area contributed by atoms with Crippen molar-refractivity contribution in [3.8, 4) is 0 Å². The summed E-state index contributed by atoms with van der Waals surface area (Å²) in [6, 6.07) is 2.09. The lowest BCUT2D eigenvalue weighted by Crippen LogP contribution is -2.31. The Hall–Kier alpha value is -0.870. The van der Waals surface area contributed by atoms with Crippen molar-refractivity contribution in [3.05, 3.63) is 21.9 Å². The maximum atomic E-state index is 10.7. The van der Waals surface area contributed by atoms with E-state index in [0.717, 1.165) is 19.5 Å². The lowest BCUT2D eigenvalue weighted by molar-refractivity contribution is -0.192. The molecule has 0 aliphatic carbocycles. The van der Waals surface area contributed by atoms with Crippen LogP contribution in [0.2, 0.25) is 0 Å². The second kappa shape index (κ2) is 3.47. The molecule has 0 aromatic carbocycles. The molecule has 0 N–H and O–H groups in total. The molecule has 1 aromatic rings. The van der Waals surface area contributed by atoms with E-state index in [1.165, 1.54) is 17.4 Å². The lowest BCUT2D eigenvalue weighted by atomic mass is 10.1. The summed E-state index contributed by atoms with van der Waals surface area (Å²) in [7, 11) is 0. The van der Waals surface area contributed by atoms with Crippen LogP contribution in [-0.2, 0) is 22.6 Å². The topological polar surface area (TPSA) is 29.5 Å². The van der Waals surface area contributed by atoms with Gasteiger partial charge in [0.25, 0.3) is 0 Å². The SMILES string of the molecule is CC(=O)ON1CCc2sccc2C1. The summed E-state index contributed by atoms with van der Waals surface area (Å²) in [5.41, 5.74) is 1.29. The third kappa shape index (κ3) is 1.89. The van der Waals surface area contributed by atoms with Crippen molar-refractivity contribution in [3.63, 3.8) is 0 Å². The fourth-order valence-electron chi connectivity index (χ4n) is 1.48. The van der Waals surface area contributed by atoms with E-state index in [4.69, 9.17) is 4.84 Å². The molecule has 2 heterocycles. The Labute approximate surface area is 80.9 Å². The minimum absolute atomic E-state index is 0.237. The van der Waals surface area contributed by atoms with Gasteiger partial charge in [0.2, 0.25) is 0 Å². The maximum Gasteiger partial charge on any atom is 0.322 e. The highest BCUT2D eigenvalue weighted by Crippen LogP contribution is 2.23. The van der Waals surface area contributed by atoms with Gasteiger partial charge in [-0.25, -0.2) is 0 Å². The highest BCUT2D eigenvalue weighted by atomic mass is 32.1. The average molecular weight is 197 g/mol. The number of hydrogen-bond acceptors (Lipinski definition) is 4. The minimum Gasteiger partial charge on any atom is -0.368 e. The van der Waals surface area contributed by atoms with Crippen LogP contribution in [0.3, 0.4) is 0 Å². The monoisotopic (exact) mass is 197 g/mol. The normalized spacial score (nSPS) is 16.7. The van der Waals surface area contributed by atoms with Crippen LogP contribution in [0, 0.1) is 0 Å². The summed E-state index contributed by atoms with van der Waals surface area (Å²) < 4.78 is 0. The van der Waals surface area contributed by atoms with E-state index in [0.29, 0.717) is 0 Å². The Balaban J connectivity index is 2.04. The van der Waals surface area contributed by atoms with Gasteiger partial charge in [0, 0.05) is 18.3 Å². The van der Waals surface area contributed by atoms with Crippen LogP contribution in [0.4, 0.5) is 0 Å². The van der Waals surface area contributed by atoms with Crippen molar-refractivity contribution in [2.24, 2.45) is 0 Å². The lowest BCUT2D eigenvalue weighted by Gasteiger charge is -2.24. The van der Waals surface area contributed by atoms with Crippen LogP contribution in [0.5, 0.6) is 0 Å². The third-order valence-corrected chi connectivity index (χ3v) is 3.05. The Morgan fingerprint density at radius 1 is 1.69 bits per heavy atom. The molecule has 13 heavy (non-hydrogen) atoms. The van der Waals surface area contributed by atoms with Crippen molar-refractivity contribution >= 4 is 17.3 Å². The van der Waals surface area contributed by atoms with Crippen LogP contribution in [0.25, 0.3) is 0 Å². The van der Waals surface area contributed by atoms with E-state index in [1.807, 2.05) is 0 Å². The first-order chi connectivity index (χ1) is 6.25. The highest BCUT2D eigenvalue weighted by molar-refractivity contribution is 7.10. The molecular formula is C9H11NO2S. The Bertz CT molecular complexity index is 321. The van der Waals surface area contributed by atoms with E-state index in [9.17, 15) is 4.79 Å². The van der Waals surface area contributed by atoms with Crippen molar-refractivity contribution in [2.45, 2.75) is 19.9 Å². The summed E-state index contributed by atoms with van der Waals surface area (Å²) in [6.07, 6.45) is 0.986. The molecule has 0 amide bonds. The Morgan fingerprint density at radius 3 is 3.31 bits per heavy atom. The number of carbonyl (C=O) groups excluding carboxylic acids is 1. The minimum atomic E-state index is -0.237. The van der Waals surface area contributed by atoms with Crippen LogP contribution in [0.1, 0.15) is 17.4 Å². The molecule has 70 valence electrons. The Morgan fingerprint density at radius 2 is 2.54 bits per heavy atom. The fourth-order valence-corrected chi connectivity index (χ4v) is 2.37. The van der Waals surface area contributed by atoms with Gasteiger partial charge in [0.1, 0.15) is 0 Å². The number of fused-ring (bicyclic) bond motifs is 1. The third-order valence-electron chi connectivity index (χ3n) is 2.03. The molecule has 0 saturated heterocycles. The molecular weight excluding hydrogens is 186 g/mol. The molecule has 4 heteroatoms. The highest BCUT2D eigenvalue weighted by Gasteiger charge is 2.18. The van der Waals surface area contributed by atoms with Gasteiger partial charge in [0.15, 0.2) is 0 Å². The van der Waals surface area contributed by atoms with Crippen LogP contribution in [0.15, 0.2) is 11.4 Å². The molecule has 0 unspecified atom stereocenters. The second-order valence-corrected chi connectivity index (χ2v) is 4.07. The van der Waals surface area contributed by atoms with Gasteiger partial charge in [-0.3, -0.25) is 4.79 Å². The van der Waals surface area contributed by atoms with Gasteiger partial charge in [-0.2, -0.15) is 0 Å². The second-order valence-electron chi connectivity index (χ2n) is 3.07. The zero-order valence-electron chi connectivity index (χ0n) is 7.45. The van der Waals surface area contributed by atoms with Gasteiger partial charge in [-0.1, -0.05) is 0 Å². The molecule has 1 aliphatic heterocycles. The number of thiophene rings is 1. The molecule has 0 radical (unpaired) electrons. The van der Waals surface area contributed by atoms with E-state index >= 15 is 0 Å². The van der Waals surface area contributed by atoms with Gasteiger partial charge in [0.05, 0.1) is 6.54 Å². The molecule has 0 spiro atoms. The molecule has 0 bridgehead atoms. The summed E-state index contributed by atoms with van der Waals surface area (Å²) in [5.74, 6) is -0.237. The summed E-state index contributed by atoms with van der Waals surface area (Å²) in [4.78, 5) is 17.1. The van der Waals surface area contributed by atoms with E-state index in [-0.39, 0.29) is 5.97 Å². The van der Waals surface area contributed by atoms with E-state index in [1.54, 1.807) is 16.4 Å². The van der Waals surface area contributed by atoms with Gasteiger partial charge >= 0.3 is 5.97 Å². The van der Waals surface area contributed by atoms with Gasteiger partial charge in [-0.05, 0) is 23.4 Å². The number of hydrogen-bond donors (Lipinski definition) is 0. The molecule has 2 rings (SSSR count). The van der Waals surface area contributed by atoms with Crippen molar-refractivity contribution in [2.75, 3.05) is 6.54 Å². The predicted octanol–water partition coefficient (Wildman–Crippen LogP) is 1.58. The maximum absolute atomic E-state index is 10.7. The molecule has 0 fully saturated rings. The van der Waals surface area contributed by atoms with Crippen LogP contribution >= 0.6 is 11.3 Å². The van der Waals surface area contributed by atoms with Crippen molar-refractivity contribution < 1.29 is 9.63 Å². The number of carbonyl (C=O) groups is 1. The number of hydroxylamine groups is 2. The van der Waals surface area contributed by atoms with Gasteiger partial charge < -0.3 is 4.84 Å². The standard InChI is InChI=1S/C9H11NO2S/c1-7(11)12-10-4-2-9-8(6-10)3-5-13-9/h3,5H,2,4,6H2,1H3. The fraction of sp³-hybridized carbons (Fsp3) is 0.444. The first kappa shape index (κ1) is 8.72. The smallest absolute Gasteiger partial charge is 0.322 e. The zero-order chi connectivity index (χ0) is 9.26. The van der Waals surface area contributed by atoms with E-state index < -0.39 is 0 Å². The number of rotatable bonds is 1. The molecule has 0 saturated carbocycles. The zero-order valence-corrected chi connectivity index (χ0v) is 8.26. The summed E-state index contributed by atoms with van der Waals surface area (Å²) >= 11 is 1.78. The predicted molar refractivity (Wildman–Crippen MR) is 50.2 cm³/mol. The number of nitrogens with zero attached hydrogens (tertiary/aromatic N) is 1. The van der Waals surface area contributed by atoms with Crippen LogP contribution in [-0.4, -0.2) is 17.6 Å². The first-order valence-electron chi connectivity index (χ1n) is 4.24. The largest absolute Gasteiger partial charge is 0.368 e. The molecule has 1 aliphatic rings. The quantitative estimate of drug-likeness (QED) is 0.684. The summed E-state index contributed by atoms with van der Waals surface area (Å²) in [6.45, 7) is 2.98. The van der Waals surface area contributed by atoms with Gasteiger partial charge in [-0.15, -0.1) is 16.4 Å². The first-order valence-corrected chi connectivity index (χ1v) is 5.12. The van der Waals surface area contributed by atoms with Crippen molar-refractivity contribution in [1.29, 1.82) is 0 Å². The molecule has 3 nitrogen and oxygen atoms in total. The molecule has 1 aromatic heterocycles. The van der Waals surface area contributed by atoms with Crippen molar-refractivity contribution in [1.82, 2.24) is 5.06 Å².